The molecule has 0 aliphatic carbocycles. The van der Waals surface area contributed by atoms with Crippen LogP contribution in [0, 0.1) is 19.3 Å². The van der Waals surface area contributed by atoms with Gasteiger partial charge in [-0.25, -0.2) is 0 Å². The van der Waals surface area contributed by atoms with Crippen molar-refractivity contribution in [3.05, 3.63) is 29.8 Å². The third-order valence-electron chi connectivity index (χ3n) is 1.72. The van der Waals surface area contributed by atoms with Crippen molar-refractivity contribution < 1.29 is 22.8 Å². The standard InChI is InChI=1S/C10H10O5S/c1-3-10(11,12)15-16(13,14)9-6-4-8(2)5-7-9/h1,4-7,11-12H,2H3. The topological polar surface area (TPSA) is 83.8 Å². The van der Waals surface area contributed by atoms with E-state index in [9.17, 15) is 8.42 Å². The second-order valence-corrected chi connectivity index (χ2v) is 4.65. The van der Waals surface area contributed by atoms with Gasteiger partial charge in [0.1, 0.15) is 0 Å². The van der Waals surface area contributed by atoms with E-state index in [2.05, 4.69) is 10.6 Å². The van der Waals surface area contributed by atoms with Gasteiger partial charge in [-0.3, -0.25) is 0 Å². The maximum absolute atomic E-state index is 11.5. The highest BCUT2D eigenvalue weighted by molar-refractivity contribution is 7.86. The van der Waals surface area contributed by atoms with E-state index in [1.54, 1.807) is 19.1 Å². The van der Waals surface area contributed by atoms with Gasteiger partial charge >= 0.3 is 16.1 Å². The Morgan fingerprint density at radius 2 is 1.81 bits per heavy atom. The Labute approximate surface area is 93.4 Å². The van der Waals surface area contributed by atoms with Gasteiger partial charge in [0.05, 0.1) is 4.90 Å². The van der Waals surface area contributed by atoms with E-state index in [1.807, 2.05) is 0 Å². The van der Waals surface area contributed by atoms with E-state index >= 15 is 0 Å². The number of hydrogen-bond acceptors (Lipinski definition) is 5. The van der Waals surface area contributed by atoms with Crippen LogP contribution < -0.4 is 0 Å². The first-order valence-electron chi connectivity index (χ1n) is 4.22. The summed E-state index contributed by atoms with van der Waals surface area (Å²) in [7, 11) is -4.29. The Kier molecular flexibility index (Phi) is 3.35. The molecule has 86 valence electrons. The van der Waals surface area contributed by atoms with Crippen LogP contribution in [0.5, 0.6) is 0 Å². The molecule has 0 saturated carbocycles. The lowest BCUT2D eigenvalue weighted by molar-refractivity contribution is -0.242. The monoisotopic (exact) mass is 242 g/mol. The Morgan fingerprint density at radius 3 is 2.25 bits per heavy atom. The number of benzene rings is 1. The molecule has 1 aromatic carbocycles. The van der Waals surface area contributed by atoms with E-state index in [0.29, 0.717) is 0 Å². The molecule has 5 nitrogen and oxygen atoms in total. The lowest BCUT2D eigenvalue weighted by atomic mass is 10.2. The molecule has 0 aliphatic heterocycles. The van der Waals surface area contributed by atoms with Gasteiger partial charge < -0.3 is 10.2 Å². The summed E-state index contributed by atoms with van der Waals surface area (Å²) in [5, 5.41) is 17.8. The van der Waals surface area contributed by atoms with Gasteiger partial charge in [0.25, 0.3) is 0 Å². The Bertz CT molecular complexity index is 507. The molecule has 0 unspecified atom stereocenters. The van der Waals surface area contributed by atoms with Gasteiger partial charge in [0, 0.05) is 0 Å². The summed E-state index contributed by atoms with van der Waals surface area (Å²) in [5.41, 5.74) is 0.857. The molecule has 6 heteroatoms. The van der Waals surface area contributed by atoms with Crippen molar-refractivity contribution in [3.8, 4) is 12.3 Å². The SMILES string of the molecule is C#CC(O)(O)OS(=O)(=O)c1ccc(C)cc1. The summed E-state index contributed by atoms with van der Waals surface area (Å²) in [4.78, 5) is -0.208. The normalized spacial score (nSPS) is 12.1. The van der Waals surface area contributed by atoms with Crippen molar-refractivity contribution in [3.63, 3.8) is 0 Å². The quantitative estimate of drug-likeness (QED) is 0.442. The molecule has 0 aromatic heterocycles. The van der Waals surface area contributed by atoms with Crippen molar-refractivity contribution in [2.75, 3.05) is 0 Å². The fourth-order valence-electron chi connectivity index (χ4n) is 0.930. The van der Waals surface area contributed by atoms with Crippen LogP contribution in [-0.2, 0) is 14.3 Å². The zero-order chi connectivity index (χ0) is 12.4. The van der Waals surface area contributed by atoms with Gasteiger partial charge in [-0.05, 0) is 25.0 Å². The van der Waals surface area contributed by atoms with Crippen molar-refractivity contribution in [1.82, 2.24) is 0 Å². The second kappa shape index (κ2) is 4.23. The van der Waals surface area contributed by atoms with Gasteiger partial charge in [0.2, 0.25) is 0 Å². The zero-order valence-electron chi connectivity index (χ0n) is 8.41. The van der Waals surface area contributed by atoms with Crippen LogP contribution in [0.1, 0.15) is 5.56 Å². The number of terminal acetylenes is 1. The fourth-order valence-corrected chi connectivity index (χ4v) is 1.85. The van der Waals surface area contributed by atoms with Crippen LogP contribution >= 0.6 is 0 Å². The molecule has 0 aliphatic rings. The molecule has 16 heavy (non-hydrogen) atoms. The first kappa shape index (κ1) is 12.7. The number of aliphatic hydroxyl groups is 2. The molecule has 0 amide bonds. The predicted molar refractivity (Wildman–Crippen MR) is 55.5 cm³/mol. The Hall–Kier alpha value is -1.39. The smallest absolute Gasteiger partial charge is 0.332 e. The highest BCUT2D eigenvalue weighted by Gasteiger charge is 2.30. The fraction of sp³-hybridized carbons (Fsp3) is 0.200. The lowest BCUT2D eigenvalue weighted by Gasteiger charge is -2.14. The van der Waals surface area contributed by atoms with Crippen molar-refractivity contribution >= 4 is 10.1 Å². The van der Waals surface area contributed by atoms with Crippen LogP contribution in [0.15, 0.2) is 29.2 Å². The molecule has 0 atom stereocenters. The first-order chi connectivity index (χ1) is 7.27. The molecule has 0 heterocycles. The van der Waals surface area contributed by atoms with E-state index in [4.69, 9.17) is 10.2 Å². The molecular weight excluding hydrogens is 232 g/mol. The molecule has 1 rings (SSSR count). The summed E-state index contributed by atoms with van der Waals surface area (Å²) in [6.45, 7) is 1.78. The maximum atomic E-state index is 11.5. The van der Waals surface area contributed by atoms with E-state index < -0.39 is 16.1 Å². The Morgan fingerprint density at radius 1 is 1.31 bits per heavy atom. The van der Waals surface area contributed by atoms with Gasteiger partial charge in [0.15, 0.2) is 0 Å². The average molecular weight is 242 g/mol. The molecule has 0 saturated heterocycles. The van der Waals surface area contributed by atoms with Crippen molar-refractivity contribution in [2.45, 2.75) is 17.8 Å². The van der Waals surface area contributed by atoms with Crippen LogP contribution in [0.4, 0.5) is 0 Å². The lowest BCUT2D eigenvalue weighted by Crippen LogP contribution is -2.32. The molecular formula is C10H10O5S. The van der Waals surface area contributed by atoms with Gasteiger partial charge in [-0.15, -0.1) is 6.42 Å². The molecule has 0 spiro atoms. The van der Waals surface area contributed by atoms with Gasteiger partial charge in [-0.1, -0.05) is 17.7 Å². The largest absolute Gasteiger partial charge is 0.362 e. The van der Waals surface area contributed by atoms with Gasteiger partial charge in [-0.2, -0.15) is 12.6 Å². The number of hydrogen-bond donors (Lipinski definition) is 2. The highest BCUT2D eigenvalue weighted by Crippen LogP contribution is 2.17. The maximum Gasteiger partial charge on any atom is 0.362 e. The molecule has 1 aromatic rings. The summed E-state index contributed by atoms with van der Waals surface area (Å²) in [5.74, 6) is -1.75. The van der Waals surface area contributed by atoms with E-state index in [0.717, 1.165) is 5.56 Å². The van der Waals surface area contributed by atoms with Crippen LogP contribution in [-0.4, -0.2) is 24.6 Å². The first-order valence-corrected chi connectivity index (χ1v) is 5.62. The average Bonchev–Trinajstić information content (AvgIpc) is 2.17. The van der Waals surface area contributed by atoms with Crippen LogP contribution in [0.2, 0.25) is 0 Å². The zero-order valence-corrected chi connectivity index (χ0v) is 9.23. The third kappa shape index (κ3) is 3.05. The molecule has 0 fully saturated rings. The predicted octanol–water partition coefficient (Wildman–Crippen LogP) is -0.0281. The summed E-state index contributed by atoms with van der Waals surface area (Å²) < 4.78 is 27.0. The third-order valence-corrected chi connectivity index (χ3v) is 3.02. The van der Waals surface area contributed by atoms with E-state index in [-0.39, 0.29) is 4.90 Å². The van der Waals surface area contributed by atoms with Crippen LogP contribution in [0.25, 0.3) is 0 Å². The number of rotatable bonds is 3. The summed E-state index contributed by atoms with van der Waals surface area (Å²) in [6.07, 6.45) is 4.68. The van der Waals surface area contributed by atoms with Crippen LogP contribution in [0.3, 0.4) is 0 Å². The van der Waals surface area contributed by atoms with Crippen molar-refractivity contribution in [1.29, 1.82) is 0 Å². The van der Waals surface area contributed by atoms with Crippen molar-refractivity contribution in [2.24, 2.45) is 0 Å². The highest BCUT2D eigenvalue weighted by atomic mass is 32.2. The molecule has 2 N–H and O–H groups in total. The summed E-state index contributed by atoms with van der Waals surface area (Å²) >= 11 is 0. The second-order valence-electron chi connectivity index (χ2n) is 3.10. The minimum absolute atomic E-state index is 0.208. The van der Waals surface area contributed by atoms with E-state index in [1.165, 1.54) is 18.1 Å². The number of aryl methyl sites for hydroxylation is 1. The minimum Gasteiger partial charge on any atom is -0.332 e. The molecule has 0 radical (unpaired) electrons. The molecule has 0 bridgehead atoms. The summed E-state index contributed by atoms with van der Waals surface area (Å²) in [6, 6.07) is 5.64. The Balaban J connectivity index is 3.05. The minimum atomic E-state index is -4.29.